The molecule has 3 aromatic carbocycles. The number of benzene rings is 3. The second kappa shape index (κ2) is 14.3. The van der Waals surface area contributed by atoms with Crippen molar-refractivity contribution in [3.63, 3.8) is 0 Å². The minimum Gasteiger partial charge on any atom is -0.354 e. The quantitative estimate of drug-likeness (QED) is 0.277. The van der Waals surface area contributed by atoms with Gasteiger partial charge in [-0.1, -0.05) is 73.5 Å². The number of nitrogens with zero attached hydrogens (tertiary/aromatic N) is 2. The third-order valence-electron chi connectivity index (χ3n) is 6.82. The minimum atomic E-state index is -3.81. The van der Waals surface area contributed by atoms with Crippen LogP contribution in [0, 0.1) is 13.8 Å². The number of halogens is 1. The molecule has 1 N–H and O–H groups in total. The van der Waals surface area contributed by atoms with Crippen LogP contribution in [0.1, 0.15) is 42.0 Å². The van der Waals surface area contributed by atoms with E-state index >= 15 is 0 Å². The van der Waals surface area contributed by atoms with Crippen molar-refractivity contribution in [1.82, 2.24) is 10.2 Å². The van der Waals surface area contributed by atoms with E-state index in [1.807, 2.05) is 57.2 Å². The Morgan fingerprint density at radius 2 is 1.60 bits per heavy atom. The summed E-state index contributed by atoms with van der Waals surface area (Å²) in [6.07, 6.45) is 3.08. The van der Waals surface area contributed by atoms with E-state index in [2.05, 4.69) is 5.32 Å². The van der Waals surface area contributed by atoms with Crippen LogP contribution in [-0.4, -0.2) is 50.5 Å². The maximum Gasteiger partial charge on any atom is 0.244 e. The predicted octanol–water partition coefficient (Wildman–Crippen LogP) is 5.28. The van der Waals surface area contributed by atoms with Gasteiger partial charge in [0.2, 0.25) is 21.8 Å². The Balaban J connectivity index is 2.03. The molecule has 0 saturated carbocycles. The van der Waals surface area contributed by atoms with Gasteiger partial charge < -0.3 is 10.2 Å². The molecule has 0 fully saturated rings. The van der Waals surface area contributed by atoms with Crippen LogP contribution in [0.4, 0.5) is 5.69 Å². The van der Waals surface area contributed by atoms with E-state index in [0.29, 0.717) is 17.3 Å². The van der Waals surface area contributed by atoms with Crippen LogP contribution in [0.15, 0.2) is 72.8 Å². The summed E-state index contributed by atoms with van der Waals surface area (Å²) < 4.78 is 26.9. The molecule has 0 saturated heterocycles. The van der Waals surface area contributed by atoms with E-state index in [9.17, 15) is 18.0 Å². The van der Waals surface area contributed by atoms with Crippen LogP contribution in [0.5, 0.6) is 0 Å². The van der Waals surface area contributed by atoms with Crippen molar-refractivity contribution in [2.75, 3.05) is 23.7 Å². The van der Waals surface area contributed by atoms with Gasteiger partial charge in [-0.2, -0.15) is 0 Å². The number of amides is 2. The molecule has 0 radical (unpaired) electrons. The SMILES string of the molecule is CCCCNC(=O)C(Cc1ccccc1)N(Cc1ccc(Cl)cc1)C(=O)CN(c1ccc(C)c(C)c1)S(C)(=O)=O. The lowest BCUT2D eigenvalue weighted by Crippen LogP contribution is -2.53. The first-order valence-electron chi connectivity index (χ1n) is 13.4. The number of carbonyl (C=O) groups excluding carboxylic acids is 2. The number of rotatable bonds is 13. The van der Waals surface area contributed by atoms with Crippen LogP contribution in [0.2, 0.25) is 5.02 Å². The van der Waals surface area contributed by atoms with Crippen LogP contribution < -0.4 is 9.62 Å². The molecule has 2 amide bonds. The van der Waals surface area contributed by atoms with Gasteiger partial charge in [-0.05, 0) is 66.8 Å². The lowest BCUT2D eigenvalue weighted by atomic mass is 10.0. The third kappa shape index (κ3) is 8.83. The maximum absolute atomic E-state index is 14.1. The highest BCUT2D eigenvalue weighted by Crippen LogP contribution is 2.23. The van der Waals surface area contributed by atoms with E-state index in [4.69, 9.17) is 11.6 Å². The lowest BCUT2D eigenvalue weighted by Gasteiger charge is -2.33. The largest absolute Gasteiger partial charge is 0.354 e. The van der Waals surface area contributed by atoms with Gasteiger partial charge in [-0.3, -0.25) is 13.9 Å². The summed E-state index contributed by atoms with van der Waals surface area (Å²) >= 11 is 6.09. The highest BCUT2D eigenvalue weighted by molar-refractivity contribution is 7.92. The molecular formula is C31H38ClN3O4S. The van der Waals surface area contributed by atoms with Gasteiger partial charge in [-0.25, -0.2) is 8.42 Å². The summed E-state index contributed by atoms with van der Waals surface area (Å²) in [6.45, 7) is 6.03. The first-order chi connectivity index (χ1) is 19.0. The van der Waals surface area contributed by atoms with E-state index in [1.165, 1.54) is 4.90 Å². The van der Waals surface area contributed by atoms with Crippen LogP contribution in [-0.2, 0) is 32.6 Å². The summed E-state index contributed by atoms with van der Waals surface area (Å²) in [6, 6.07) is 21.0. The smallest absolute Gasteiger partial charge is 0.244 e. The molecule has 214 valence electrons. The van der Waals surface area contributed by atoms with Gasteiger partial charge >= 0.3 is 0 Å². The number of hydrogen-bond acceptors (Lipinski definition) is 4. The molecule has 1 unspecified atom stereocenters. The van der Waals surface area contributed by atoms with Crippen LogP contribution >= 0.6 is 11.6 Å². The molecule has 7 nitrogen and oxygen atoms in total. The van der Waals surface area contributed by atoms with Crippen LogP contribution in [0.3, 0.4) is 0 Å². The zero-order chi connectivity index (χ0) is 29.3. The molecule has 0 spiro atoms. The van der Waals surface area contributed by atoms with Gasteiger partial charge in [0.25, 0.3) is 0 Å². The lowest BCUT2D eigenvalue weighted by molar-refractivity contribution is -0.140. The van der Waals surface area contributed by atoms with Crippen molar-refractivity contribution < 1.29 is 18.0 Å². The Bertz CT molecular complexity index is 1400. The van der Waals surface area contributed by atoms with Crippen molar-refractivity contribution in [2.24, 2.45) is 0 Å². The van der Waals surface area contributed by atoms with E-state index in [-0.39, 0.29) is 18.9 Å². The summed E-state index contributed by atoms with van der Waals surface area (Å²) in [5.41, 5.74) is 3.99. The molecule has 0 aliphatic heterocycles. The number of nitrogens with one attached hydrogen (secondary N) is 1. The highest BCUT2D eigenvalue weighted by Gasteiger charge is 2.33. The van der Waals surface area contributed by atoms with E-state index in [0.717, 1.165) is 45.7 Å². The second-order valence-corrected chi connectivity index (χ2v) is 12.4. The average Bonchev–Trinajstić information content (AvgIpc) is 2.92. The van der Waals surface area contributed by atoms with Gasteiger partial charge in [0, 0.05) is 24.5 Å². The molecule has 40 heavy (non-hydrogen) atoms. The van der Waals surface area contributed by atoms with Crippen molar-refractivity contribution in [2.45, 2.75) is 52.6 Å². The van der Waals surface area contributed by atoms with Crippen molar-refractivity contribution in [3.8, 4) is 0 Å². The average molecular weight is 584 g/mol. The molecule has 1 atom stereocenters. The van der Waals surface area contributed by atoms with Gasteiger partial charge in [0.1, 0.15) is 12.6 Å². The zero-order valence-electron chi connectivity index (χ0n) is 23.6. The number of aryl methyl sites for hydroxylation is 2. The molecule has 3 rings (SSSR count). The molecule has 3 aromatic rings. The normalized spacial score (nSPS) is 12.0. The van der Waals surface area contributed by atoms with Gasteiger partial charge in [0.05, 0.1) is 11.9 Å². The minimum absolute atomic E-state index is 0.110. The Morgan fingerprint density at radius 1 is 0.925 bits per heavy atom. The Kier molecular flexibility index (Phi) is 11.2. The molecule has 9 heteroatoms. The molecule has 0 aliphatic rings. The number of sulfonamides is 1. The zero-order valence-corrected chi connectivity index (χ0v) is 25.1. The van der Waals surface area contributed by atoms with E-state index in [1.54, 1.807) is 36.4 Å². The number of anilines is 1. The Morgan fingerprint density at radius 3 is 2.20 bits per heavy atom. The Labute approximate surface area is 243 Å². The predicted molar refractivity (Wildman–Crippen MR) is 162 cm³/mol. The molecule has 0 bridgehead atoms. The van der Waals surface area contributed by atoms with Crippen molar-refractivity contribution in [1.29, 1.82) is 0 Å². The van der Waals surface area contributed by atoms with Crippen molar-refractivity contribution in [3.05, 3.63) is 100 Å². The van der Waals surface area contributed by atoms with Crippen LogP contribution in [0.25, 0.3) is 0 Å². The first-order valence-corrected chi connectivity index (χ1v) is 15.6. The number of unbranched alkanes of at least 4 members (excludes halogenated alkanes) is 1. The number of carbonyl (C=O) groups is 2. The molecular weight excluding hydrogens is 546 g/mol. The molecule has 0 aliphatic carbocycles. The highest BCUT2D eigenvalue weighted by atomic mass is 35.5. The molecule has 0 heterocycles. The fraction of sp³-hybridized carbons (Fsp3) is 0.355. The first kappa shape index (κ1) is 31.2. The van der Waals surface area contributed by atoms with Gasteiger partial charge in [-0.15, -0.1) is 0 Å². The summed E-state index contributed by atoms with van der Waals surface area (Å²) in [4.78, 5) is 29.1. The fourth-order valence-corrected chi connectivity index (χ4v) is 5.31. The van der Waals surface area contributed by atoms with E-state index < -0.39 is 28.5 Å². The fourth-order valence-electron chi connectivity index (χ4n) is 4.34. The third-order valence-corrected chi connectivity index (χ3v) is 8.22. The summed E-state index contributed by atoms with van der Waals surface area (Å²) in [7, 11) is -3.81. The van der Waals surface area contributed by atoms with Crippen molar-refractivity contribution >= 4 is 39.1 Å². The number of hydrogen-bond donors (Lipinski definition) is 1. The summed E-state index contributed by atoms with van der Waals surface area (Å²) in [5, 5.41) is 3.53. The maximum atomic E-state index is 14.1. The standard InChI is InChI=1S/C31H38ClN3O4S/c1-5-6-18-33-31(37)29(20-25-10-8-7-9-11-25)34(21-26-13-15-27(32)16-14-26)30(36)22-35(40(4,38)39)28-17-12-23(2)24(3)19-28/h7-17,19,29H,5-6,18,20-22H2,1-4H3,(H,33,37). The topological polar surface area (TPSA) is 86.8 Å². The second-order valence-electron chi connectivity index (χ2n) is 10.0. The Hall–Kier alpha value is -3.36. The van der Waals surface area contributed by atoms with Gasteiger partial charge in [0.15, 0.2) is 0 Å². The monoisotopic (exact) mass is 583 g/mol. The molecule has 0 aromatic heterocycles. The summed E-state index contributed by atoms with van der Waals surface area (Å²) in [5.74, 6) is -0.762.